The van der Waals surface area contributed by atoms with Gasteiger partial charge >= 0.3 is 0 Å². The average Bonchev–Trinajstić information content (AvgIpc) is 2.60. The fourth-order valence-electron chi connectivity index (χ4n) is 2.75. The lowest BCUT2D eigenvalue weighted by Crippen LogP contribution is -1.97. The molecule has 0 aliphatic rings. The number of aryl methyl sites for hydroxylation is 1. The number of aromatic hydroxyl groups is 1. The van der Waals surface area contributed by atoms with Crippen molar-refractivity contribution in [3.05, 3.63) is 48.0 Å². The molecular weight excluding hydrogens is 352 g/mol. The molecular formula is C20H26O5S. The second kappa shape index (κ2) is 9.59. The highest BCUT2D eigenvalue weighted by atomic mass is 32.2. The molecule has 0 fully saturated rings. The highest BCUT2D eigenvalue weighted by Crippen LogP contribution is 2.34. The van der Waals surface area contributed by atoms with E-state index in [0.29, 0.717) is 11.5 Å². The first kappa shape index (κ1) is 20.3. The first-order chi connectivity index (χ1) is 12.4. The Morgan fingerprint density at radius 2 is 1.58 bits per heavy atom. The quantitative estimate of drug-likeness (QED) is 0.431. The Labute approximate surface area is 155 Å². The van der Waals surface area contributed by atoms with Crippen LogP contribution in [0.3, 0.4) is 0 Å². The lowest BCUT2D eigenvalue weighted by Gasteiger charge is -2.11. The molecule has 0 amide bonds. The molecule has 2 rings (SSSR count). The van der Waals surface area contributed by atoms with E-state index in [1.807, 2.05) is 12.1 Å². The highest BCUT2D eigenvalue weighted by Gasteiger charge is 2.11. The Hall–Kier alpha value is -2.05. The molecule has 0 aromatic heterocycles. The highest BCUT2D eigenvalue weighted by molar-refractivity contribution is 7.85. The third-order valence-corrected chi connectivity index (χ3v) is 5.10. The molecule has 2 aromatic carbocycles. The van der Waals surface area contributed by atoms with Crippen LogP contribution in [0.15, 0.2) is 47.4 Å². The normalized spacial score (nSPS) is 11.5. The Bertz CT molecular complexity index is 797. The van der Waals surface area contributed by atoms with Gasteiger partial charge in [0.15, 0.2) is 11.5 Å². The summed E-state index contributed by atoms with van der Waals surface area (Å²) in [5.74, 6) is 0.817. The van der Waals surface area contributed by atoms with Crippen molar-refractivity contribution in [2.24, 2.45) is 0 Å². The van der Waals surface area contributed by atoms with Crippen LogP contribution in [0.1, 0.15) is 51.0 Å². The van der Waals surface area contributed by atoms with Crippen LogP contribution in [-0.4, -0.2) is 18.1 Å². The molecule has 0 unspecified atom stereocenters. The molecule has 0 spiro atoms. The summed E-state index contributed by atoms with van der Waals surface area (Å²) < 4.78 is 36.8. The van der Waals surface area contributed by atoms with Crippen LogP contribution in [0.2, 0.25) is 0 Å². The van der Waals surface area contributed by atoms with Gasteiger partial charge < -0.3 is 9.84 Å². The molecule has 0 radical (unpaired) electrons. The van der Waals surface area contributed by atoms with Gasteiger partial charge in [-0.2, -0.15) is 8.42 Å². The monoisotopic (exact) mass is 378 g/mol. The summed E-state index contributed by atoms with van der Waals surface area (Å²) in [5, 5.41) is 10.4. The Kier molecular flexibility index (Phi) is 7.48. The summed E-state index contributed by atoms with van der Waals surface area (Å²) in [6.07, 6.45) is 7.91. The number of phenols is 1. The molecule has 0 aliphatic heterocycles. The summed E-state index contributed by atoms with van der Waals surface area (Å²) in [6.45, 7) is 2.19. The van der Waals surface area contributed by atoms with E-state index in [1.54, 1.807) is 6.07 Å². The van der Waals surface area contributed by atoms with E-state index in [1.165, 1.54) is 49.9 Å². The maximum absolute atomic E-state index is 11.1. The van der Waals surface area contributed by atoms with Crippen molar-refractivity contribution in [1.82, 2.24) is 0 Å². The van der Waals surface area contributed by atoms with Gasteiger partial charge in [0.05, 0.1) is 4.90 Å². The zero-order chi connectivity index (χ0) is 19.0. The molecule has 0 atom stereocenters. The smallest absolute Gasteiger partial charge is 0.294 e. The predicted octanol–water partition coefficient (Wildman–Crippen LogP) is 5.33. The first-order valence-electron chi connectivity index (χ1n) is 8.98. The van der Waals surface area contributed by atoms with Crippen molar-refractivity contribution in [1.29, 1.82) is 0 Å². The molecule has 142 valence electrons. The standard InChI is InChI=1S/C20H26O5S/c1-2-3-4-5-6-7-9-16-10-8-11-19(20(16)21)25-17-12-14-18(15-13-17)26(22,23)24/h8,10-15,21H,2-7,9H2,1H3,(H,22,23,24). The predicted molar refractivity (Wildman–Crippen MR) is 102 cm³/mol. The number of ether oxygens (including phenoxy) is 1. The van der Waals surface area contributed by atoms with E-state index in [2.05, 4.69) is 6.92 Å². The largest absolute Gasteiger partial charge is 0.504 e. The zero-order valence-corrected chi connectivity index (χ0v) is 15.8. The van der Waals surface area contributed by atoms with E-state index in [-0.39, 0.29) is 10.6 Å². The maximum Gasteiger partial charge on any atom is 0.294 e. The van der Waals surface area contributed by atoms with Crippen LogP contribution < -0.4 is 4.74 Å². The van der Waals surface area contributed by atoms with Crippen LogP contribution in [0.4, 0.5) is 0 Å². The number of rotatable bonds is 10. The Balaban J connectivity index is 1.98. The van der Waals surface area contributed by atoms with Crippen molar-refractivity contribution in [3.8, 4) is 17.2 Å². The van der Waals surface area contributed by atoms with E-state index >= 15 is 0 Å². The number of hydrogen-bond donors (Lipinski definition) is 2. The molecule has 0 bridgehead atoms. The van der Waals surface area contributed by atoms with Crippen LogP contribution in [0, 0.1) is 0 Å². The molecule has 6 heteroatoms. The second-order valence-corrected chi connectivity index (χ2v) is 7.75. The molecule has 0 saturated carbocycles. The summed E-state index contributed by atoms with van der Waals surface area (Å²) >= 11 is 0. The molecule has 0 saturated heterocycles. The van der Waals surface area contributed by atoms with Gasteiger partial charge in [0.1, 0.15) is 5.75 Å². The molecule has 0 heterocycles. The fraction of sp³-hybridized carbons (Fsp3) is 0.400. The molecule has 26 heavy (non-hydrogen) atoms. The van der Waals surface area contributed by atoms with E-state index in [9.17, 15) is 13.5 Å². The van der Waals surface area contributed by atoms with Crippen LogP contribution in [-0.2, 0) is 16.5 Å². The van der Waals surface area contributed by atoms with Crippen molar-refractivity contribution in [2.75, 3.05) is 0 Å². The van der Waals surface area contributed by atoms with Gasteiger partial charge in [0.2, 0.25) is 0 Å². The summed E-state index contributed by atoms with van der Waals surface area (Å²) in [4.78, 5) is -0.203. The second-order valence-electron chi connectivity index (χ2n) is 6.33. The average molecular weight is 378 g/mol. The number of para-hydroxylation sites is 1. The summed E-state index contributed by atoms with van der Waals surface area (Å²) in [6, 6.07) is 10.7. The number of benzene rings is 2. The Morgan fingerprint density at radius 3 is 2.23 bits per heavy atom. The van der Waals surface area contributed by atoms with E-state index in [4.69, 9.17) is 9.29 Å². The lowest BCUT2D eigenvalue weighted by molar-refractivity contribution is 0.405. The van der Waals surface area contributed by atoms with Crippen LogP contribution >= 0.6 is 0 Å². The third-order valence-electron chi connectivity index (χ3n) is 4.23. The van der Waals surface area contributed by atoms with Gasteiger partial charge in [-0.25, -0.2) is 0 Å². The minimum Gasteiger partial charge on any atom is -0.504 e. The van der Waals surface area contributed by atoms with Gasteiger partial charge in [-0.3, -0.25) is 4.55 Å². The molecule has 0 aliphatic carbocycles. The van der Waals surface area contributed by atoms with Gasteiger partial charge in [-0.05, 0) is 48.7 Å². The van der Waals surface area contributed by atoms with Gasteiger partial charge in [-0.15, -0.1) is 0 Å². The van der Waals surface area contributed by atoms with Crippen molar-refractivity contribution >= 4 is 10.1 Å². The molecule has 2 N–H and O–H groups in total. The van der Waals surface area contributed by atoms with E-state index < -0.39 is 10.1 Å². The fourth-order valence-corrected chi connectivity index (χ4v) is 3.23. The molecule has 5 nitrogen and oxygen atoms in total. The van der Waals surface area contributed by atoms with Gasteiger partial charge in [0.25, 0.3) is 10.1 Å². The van der Waals surface area contributed by atoms with Gasteiger partial charge in [0, 0.05) is 0 Å². The Morgan fingerprint density at radius 1 is 0.923 bits per heavy atom. The summed E-state index contributed by atoms with van der Waals surface area (Å²) in [5.41, 5.74) is 0.840. The zero-order valence-electron chi connectivity index (χ0n) is 15.0. The number of unbranched alkanes of at least 4 members (excludes halogenated alkanes) is 5. The maximum atomic E-state index is 11.1. The summed E-state index contributed by atoms with van der Waals surface area (Å²) in [7, 11) is -4.23. The third kappa shape index (κ3) is 6.04. The number of phenolic OH excluding ortho intramolecular Hbond substituents is 1. The van der Waals surface area contributed by atoms with Crippen molar-refractivity contribution in [2.45, 2.75) is 56.8 Å². The van der Waals surface area contributed by atoms with Crippen LogP contribution in [0.5, 0.6) is 17.2 Å². The topological polar surface area (TPSA) is 83.8 Å². The number of hydrogen-bond acceptors (Lipinski definition) is 4. The van der Waals surface area contributed by atoms with Crippen molar-refractivity contribution in [3.63, 3.8) is 0 Å². The first-order valence-corrected chi connectivity index (χ1v) is 10.4. The lowest BCUT2D eigenvalue weighted by atomic mass is 10.0. The SMILES string of the molecule is CCCCCCCCc1cccc(Oc2ccc(S(=O)(=O)O)cc2)c1O. The minimum atomic E-state index is -4.23. The van der Waals surface area contributed by atoms with Gasteiger partial charge in [-0.1, -0.05) is 51.2 Å². The molecule has 2 aromatic rings. The minimum absolute atomic E-state index is 0.111. The van der Waals surface area contributed by atoms with Crippen molar-refractivity contribution < 1.29 is 22.8 Å². The van der Waals surface area contributed by atoms with Crippen LogP contribution in [0.25, 0.3) is 0 Å². The van der Waals surface area contributed by atoms with E-state index in [0.717, 1.165) is 24.8 Å².